The summed E-state index contributed by atoms with van der Waals surface area (Å²) in [6.07, 6.45) is -3.40. The topological polar surface area (TPSA) is 102 Å². The van der Waals surface area contributed by atoms with Gasteiger partial charge >= 0.3 is 6.18 Å². The van der Waals surface area contributed by atoms with Gasteiger partial charge in [0.25, 0.3) is 11.8 Å². The molecule has 2 amide bonds. The highest BCUT2D eigenvalue weighted by Crippen LogP contribution is 2.24. The maximum atomic E-state index is 14.0. The molecular weight excluding hydrogens is 425 g/mol. The van der Waals surface area contributed by atoms with E-state index in [2.05, 4.69) is 10.4 Å². The number of rotatable bonds is 6. The van der Waals surface area contributed by atoms with Crippen molar-refractivity contribution in [2.75, 3.05) is 11.9 Å². The Morgan fingerprint density at radius 2 is 1.65 bits per heavy atom. The number of para-hydroxylation sites is 1. The molecule has 0 spiro atoms. The Labute approximate surface area is 171 Å². The Kier molecular flexibility index (Phi) is 5.90. The van der Waals surface area contributed by atoms with Gasteiger partial charge in [-0.1, -0.05) is 6.07 Å². The zero-order valence-corrected chi connectivity index (χ0v) is 15.5. The van der Waals surface area contributed by atoms with E-state index < -0.39 is 41.9 Å². The van der Waals surface area contributed by atoms with Crippen LogP contribution >= 0.6 is 0 Å². The van der Waals surface area contributed by atoms with Gasteiger partial charge in [-0.2, -0.15) is 18.3 Å². The number of carbonyl (C=O) groups is 2. The molecule has 1 aromatic heterocycles. The number of nitrogens with one attached hydrogen (secondary N) is 2. The molecule has 0 aliphatic rings. The van der Waals surface area contributed by atoms with E-state index in [0.717, 1.165) is 29.1 Å². The van der Waals surface area contributed by atoms with Crippen molar-refractivity contribution in [2.45, 2.75) is 6.18 Å². The fourth-order valence-corrected chi connectivity index (χ4v) is 2.61. The lowest BCUT2D eigenvalue weighted by Gasteiger charge is -2.09. The first-order valence-corrected chi connectivity index (χ1v) is 8.61. The Hall–Kier alpha value is -3.96. The molecule has 31 heavy (non-hydrogen) atoms. The van der Waals surface area contributed by atoms with Crippen LogP contribution in [0, 0.1) is 11.6 Å². The van der Waals surface area contributed by atoms with Gasteiger partial charge in [0.1, 0.15) is 12.2 Å². The monoisotopic (exact) mass is 439 g/mol. The first kappa shape index (κ1) is 21.7. The van der Waals surface area contributed by atoms with Crippen LogP contribution in [0.2, 0.25) is 0 Å². The van der Waals surface area contributed by atoms with E-state index in [9.17, 15) is 31.5 Å². The number of alkyl halides is 3. The number of nitrogens with zero attached hydrogens (tertiary/aromatic N) is 2. The van der Waals surface area contributed by atoms with Crippen LogP contribution in [0.5, 0.6) is 0 Å². The van der Waals surface area contributed by atoms with Gasteiger partial charge < -0.3 is 16.4 Å². The first-order chi connectivity index (χ1) is 14.5. The molecule has 0 radical (unpaired) electrons. The lowest BCUT2D eigenvalue weighted by molar-refractivity contribution is -0.123. The van der Waals surface area contributed by atoms with Gasteiger partial charge in [-0.15, -0.1) is 0 Å². The van der Waals surface area contributed by atoms with Crippen molar-refractivity contribution in [3.05, 3.63) is 71.6 Å². The Balaban J connectivity index is 1.83. The van der Waals surface area contributed by atoms with Gasteiger partial charge in [0.15, 0.2) is 17.3 Å². The molecule has 12 heteroatoms. The van der Waals surface area contributed by atoms with Crippen LogP contribution in [-0.2, 0) is 0 Å². The summed E-state index contributed by atoms with van der Waals surface area (Å²) in [5, 5.41) is 8.32. The molecule has 0 fully saturated rings. The molecule has 0 aliphatic heterocycles. The highest BCUT2D eigenvalue weighted by molar-refractivity contribution is 5.97. The molecule has 3 aromatic rings. The Morgan fingerprint density at radius 1 is 1.03 bits per heavy atom. The number of aromatic nitrogens is 2. The van der Waals surface area contributed by atoms with Gasteiger partial charge in [0.05, 0.1) is 11.9 Å². The Bertz CT molecular complexity index is 1110. The number of amides is 2. The van der Waals surface area contributed by atoms with E-state index in [1.807, 2.05) is 0 Å². The SMILES string of the molecule is NC(=O)c1nn(-c2c(F)cccc2F)cc1Nc1ccc(C(=O)NCC(F)(F)F)cc1. The predicted octanol–water partition coefficient (Wildman–Crippen LogP) is 3.29. The van der Waals surface area contributed by atoms with Crippen LogP contribution in [-0.4, -0.2) is 34.3 Å². The number of primary amides is 1. The van der Waals surface area contributed by atoms with Crippen molar-refractivity contribution < 1.29 is 31.5 Å². The van der Waals surface area contributed by atoms with Crippen molar-refractivity contribution in [1.29, 1.82) is 0 Å². The second-order valence-corrected chi connectivity index (χ2v) is 6.27. The smallest absolute Gasteiger partial charge is 0.364 e. The minimum absolute atomic E-state index is 0.0180. The third kappa shape index (κ3) is 5.15. The Morgan fingerprint density at radius 3 is 2.19 bits per heavy atom. The molecule has 3 rings (SSSR count). The molecule has 7 nitrogen and oxygen atoms in total. The van der Waals surface area contributed by atoms with Gasteiger partial charge in [-0.05, 0) is 36.4 Å². The second kappa shape index (κ2) is 8.42. The minimum atomic E-state index is -4.54. The molecule has 2 aromatic carbocycles. The summed E-state index contributed by atoms with van der Waals surface area (Å²) >= 11 is 0. The van der Waals surface area contributed by atoms with Crippen molar-refractivity contribution >= 4 is 23.2 Å². The zero-order valence-electron chi connectivity index (χ0n) is 15.5. The third-order valence-electron chi connectivity index (χ3n) is 3.99. The summed E-state index contributed by atoms with van der Waals surface area (Å²) in [6, 6.07) is 8.40. The van der Waals surface area contributed by atoms with E-state index >= 15 is 0 Å². The molecule has 0 saturated heterocycles. The van der Waals surface area contributed by atoms with Crippen LogP contribution in [0.25, 0.3) is 5.69 Å². The number of carbonyl (C=O) groups excluding carboxylic acids is 2. The fraction of sp³-hybridized carbons (Fsp3) is 0.105. The lowest BCUT2D eigenvalue weighted by atomic mass is 10.2. The molecule has 1 heterocycles. The number of benzene rings is 2. The number of anilines is 2. The van der Waals surface area contributed by atoms with Crippen LogP contribution in [0.1, 0.15) is 20.8 Å². The first-order valence-electron chi connectivity index (χ1n) is 8.61. The van der Waals surface area contributed by atoms with Gasteiger partial charge in [-0.3, -0.25) is 9.59 Å². The molecular formula is C19H14F5N5O2. The lowest BCUT2D eigenvalue weighted by Crippen LogP contribution is -2.33. The number of halogens is 5. The second-order valence-electron chi connectivity index (χ2n) is 6.27. The van der Waals surface area contributed by atoms with Gasteiger partial charge in [0.2, 0.25) is 0 Å². The largest absolute Gasteiger partial charge is 0.405 e. The summed E-state index contributed by atoms with van der Waals surface area (Å²) in [4.78, 5) is 23.4. The molecule has 162 valence electrons. The van der Waals surface area contributed by atoms with Gasteiger partial charge in [-0.25, -0.2) is 13.5 Å². The normalized spacial score (nSPS) is 11.3. The highest BCUT2D eigenvalue weighted by Gasteiger charge is 2.28. The number of nitrogens with two attached hydrogens (primary N) is 1. The zero-order chi connectivity index (χ0) is 22.8. The number of hydrogen-bond acceptors (Lipinski definition) is 4. The summed E-state index contributed by atoms with van der Waals surface area (Å²) in [6.45, 7) is -1.47. The van der Waals surface area contributed by atoms with E-state index in [1.54, 1.807) is 5.32 Å². The van der Waals surface area contributed by atoms with Crippen LogP contribution in [0.3, 0.4) is 0 Å². The van der Waals surface area contributed by atoms with E-state index in [4.69, 9.17) is 5.73 Å². The van der Waals surface area contributed by atoms with Crippen LogP contribution in [0.15, 0.2) is 48.7 Å². The summed E-state index contributed by atoms with van der Waals surface area (Å²) in [5.41, 5.74) is 4.75. The van der Waals surface area contributed by atoms with Gasteiger partial charge in [0, 0.05) is 11.3 Å². The minimum Gasteiger partial charge on any atom is -0.364 e. The third-order valence-corrected chi connectivity index (χ3v) is 3.99. The average Bonchev–Trinajstić information content (AvgIpc) is 3.09. The van der Waals surface area contributed by atoms with Crippen molar-refractivity contribution in [2.24, 2.45) is 5.73 Å². The highest BCUT2D eigenvalue weighted by atomic mass is 19.4. The average molecular weight is 439 g/mol. The van der Waals surface area contributed by atoms with Crippen LogP contribution < -0.4 is 16.4 Å². The predicted molar refractivity (Wildman–Crippen MR) is 100 cm³/mol. The molecule has 0 aliphatic carbocycles. The van der Waals surface area contributed by atoms with Crippen molar-refractivity contribution in [1.82, 2.24) is 15.1 Å². The molecule has 0 unspecified atom stereocenters. The summed E-state index contributed by atoms with van der Waals surface area (Å²) < 4.78 is 65.4. The molecule has 4 N–H and O–H groups in total. The van der Waals surface area contributed by atoms with E-state index in [0.29, 0.717) is 5.69 Å². The fourth-order valence-electron chi connectivity index (χ4n) is 2.61. The standard InChI is InChI=1S/C19H14F5N5O2/c20-12-2-1-3-13(21)16(12)29-8-14(15(28-29)17(25)30)27-11-6-4-10(5-7-11)18(31)26-9-19(22,23)24/h1-8,27H,9H2,(H2,25,30)(H,26,31). The summed E-state index contributed by atoms with van der Waals surface area (Å²) in [7, 11) is 0. The molecule has 0 saturated carbocycles. The quantitative estimate of drug-likeness (QED) is 0.513. The maximum absolute atomic E-state index is 14.0. The molecule has 0 bridgehead atoms. The summed E-state index contributed by atoms with van der Waals surface area (Å²) in [5.74, 6) is -3.73. The van der Waals surface area contributed by atoms with Crippen molar-refractivity contribution in [3.8, 4) is 5.69 Å². The molecule has 0 atom stereocenters. The number of hydrogen-bond donors (Lipinski definition) is 3. The maximum Gasteiger partial charge on any atom is 0.405 e. The van der Waals surface area contributed by atoms with E-state index in [1.165, 1.54) is 24.3 Å². The van der Waals surface area contributed by atoms with Crippen LogP contribution in [0.4, 0.5) is 33.3 Å². The van der Waals surface area contributed by atoms with E-state index in [-0.39, 0.29) is 16.9 Å². The van der Waals surface area contributed by atoms with Crippen molar-refractivity contribution in [3.63, 3.8) is 0 Å².